The Morgan fingerprint density at radius 2 is 1.78 bits per heavy atom. The van der Waals surface area contributed by atoms with Crippen molar-refractivity contribution in [2.75, 3.05) is 33.2 Å². The third-order valence-corrected chi connectivity index (χ3v) is 4.16. The summed E-state index contributed by atoms with van der Waals surface area (Å²) >= 11 is 0. The fourth-order valence-corrected chi connectivity index (χ4v) is 2.55. The molecule has 1 saturated heterocycles. The number of carbonyl (C=O) groups excluding carboxylic acids is 1. The van der Waals surface area contributed by atoms with Crippen LogP contribution in [0.1, 0.15) is 34.6 Å². The molecule has 136 valence electrons. The summed E-state index contributed by atoms with van der Waals surface area (Å²) in [5.41, 5.74) is 0. The highest BCUT2D eigenvalue weighted by Crippen LogP contribution is 2.18. The minimum atomic E-state index is 0. The average molecular weight is 439 g/mol. The van der Waals surface area contributed by atoms with E-state index in [4.69, 9.17) is 0 Å². The van der Waals surface area contributed by atoms with Gasteiger partial charge in [-0.15, -0.1) is 24.0 Å². The lowest BCUT2D eigenvalue weighted by Crippen LogP contribution is -2.48. The molecule has 0 aromatic carbocycles. The minimum Gasteiger partial charge on any atom is -0.355 e. The van der Waals surface area contributed by atoms with E-state index in [9.17, 15) is 4.79 Å². The monoisotopic (exact) mass is 439 g/mol. The number of nitrogens with zero attached hydrogens (tertiary/aromatic N) is 2. The molecule has 0 aromatic heterocycles. The predicted octanol–water partition coefficient (Wildman–Crippen LogP) is 1.27. The van der Waals surface area contributed by atoms with Crippen LogP contribution < -0.4 is 16.0 Å². The predicted molar refractivity (Wildman–Crippen MR) is 107 cm³/mol. The van der Waals surface area contributed by atoms with Gasteiger partial charge in [-0.05, 0) is 19.8 Å². The van der Waals surface area contributed by atoms with Crippen molar-refractivity contribution in [3.63, 3.8) is 0 Å². The first-order valence-electron chi connectivity index (χ1n) is 8.34. The second kappa shape index (κ2) is 11.1. The number of likely N-dealkylation sites (tertiary alicyclic amines) is 1. The fourth-order valence-electron chi connectivity index (χ4n) is 2.55. The molecule has 0 saturated carbocycles. The molecule has 6 nitrogen and oxygen atoms in total. The van der Waals surface area contributed by atoms with Crippen molar-refractivity contribution in [3.8, 4) is 0 Å². The van der Waals surface area contributed by atoms with Crippen molar-refractivity contribution < 1.29 is 4.79 Å². The van der Waals surface area contributed by atoms with E-state index in [1.54, 1.807) is 7.05 Å². The maximum Gasteiger partial charge on any atom is 0.222 e. The first-order chi connectivity index (χ1) is 10.3. The average Bonchev–Trinajstić information content (AvgIpc) is 2.83. The van der Waals surface area contributed by atoms with E-state index in [-0.39, 0.29) is 35.8 Å². The Hall–Kier alpha value is -0.570. The van der Waals surface area contributed by atoms with Crippen molar-refractivity contribution >= 4 is 35.8 Å². The first-order valence-corrected chi connectivity index (χ1v) is 8.34. The minimum absolute atomic E-state index is 0. The van der Waals surface area contributed by atoms with Crippen LogP contribution in [0.25, 0.3) is 0 Å². The Morgan fingerprint density at radius 1 is 1.17 bits per heavy atom. The van der Waals surface area contributed by atoms with Gasteiger partial charge in [-0.3, -0.25) is 14.7 Å². The van der Waals surface area contributed by atoms with Crippen LogP contribution in [0.15, 0.2) is 4.99 Å². The largest absolute Gasteiger partial charge is 0.355 e. The summed E-state index contributed by atoms with van der Waals surface area (Å²) in [6.07, 6.45) is 0. The quantitative estimate of drug-likeness (QED) is 0.253. The second-order valence-corrected chi connectivity index (χ2v) is 6.72. The lowest BCUT2D eigenvalue weighted by atomic mass is 10.1. The van der Waals surface area contributed by atoms with Gasteiger partial charge in [0.05, 0.1) is 0 Å². The van der Waals surface area contributed by atoms with Crippen molar-refractivity contribution in [2.45, 2.75) is 46.7 Å². The standard InChI is InChI=1S/C16H33N5O.HI/c1-11(2)15(22)18-7-8-19-16(17-6)20-14-10-21(12(3)4)9-13(14)5;/h11-14H,7-10H2,1-6H3,(H,18,22)(H2,17,19,20);1H. The Labute approximate surface area is 158 Å². The molecule has 1 amide bonds. The van der Waals surface area contributed by atoms with E-state index in [1.807, 2.05) is 13.8 Å². The Kier molecular flexibility index (Phi) is 10.8. The molecule has 1 fully saturated rings. The molecule has 23 heavy (non-hydrogen) atoms. The second-order valence-electron chi connectivity index (χ2n) is 6.72. The summed E-state index contributed by atoms with van der Waals surface area (Å²) in [5.74, 6) is 1.52. The van der Waals surface area contributed by atoms with Crippen LogP contribution in [-0.2, 0) is 4.79 Å². The normalized spacial score (nSPS) is 22.2. The molecule has 0 aromatic rings. The van der Waals surface area contributed by atoms with E-state index < -0.39 is 0 Å². The SMILES string of the molecule is CN=C(NCCNC(=O)C(C)C)NC1CN(C(C)C)CC1C.I. The number of aliphatic imine (C=N–C) groups is 1. The topological polar surface area (TPSA) is 68.8 Å². The van der Waals surface area contributed by atoms with Crippen LogP contribution in [0.4, 0.5) is 0 Å². The molecule has 0 radical (unpaired) electrons. The summed E-state index contributed by atoms with van der Waals surface area (Å²) in [4.78, 5) is 18.2. The zero-order chi connectivity index (χ0) is 16.7. The number of hydrogen-bond donors (Lipinski definition) is 3. The lowest BCUT2D eigenvalue weighted by molar-refractivity contribution is -0.123. The van der Waals surface area contributed by atoms with Crippen LogP contribution >= 0.6 is 24.0 Å². The molecule has 0 spiro atoms. The van der Waals surface area contributed by atoms with E-state index in [0.717, 1.165) is 19.0 Å². The summed E-state index contributed by atoms with van der Waals surface area (Å²) in [6.45, 7) is 14.0. The molecule has 0 aliphatic carbocycles. The summed E-state index contributed by atoms with van der Waals surface area (Å²) < 4.78 is 0. The molecule has 1 aliphatic rings. The highest BCUT2D eigenvalue weighted by Gasteiger charge is 2.31. The maximum atomic E-state index is 11.5. The van der Waals surface area contributed by atoms with Gasteiger partial charge >= 0.3 is 0 Å². The molecular formula is C16H34IN5O. The third-order valence-electron chi connectivity index (χ3n) is 4.16. The Bertz CT molecular complexity index is 387. The first kappa shape index (κ1) is 22.4. The van der Waals surface area contributed by atoms with Gasteiger partial charge in [0, 0.05) is 51.2 Å². The number of halogens is 1. The van der Waals surface area contributed by atoms with Crippen molar-refractivity contribution in [3.05, 3.63) is 0 Å². The Morgan fingerprint density at radius 3 is 2.26 bits per heavy atom. The van der Waals surface area contributed by atoms with Crippen LogP contribution in [0.2, 0.25) is 0 Å². The van der Waals surface area contributed by atoms with Gasteiger partial charge in [0.1, 0.15) is 0 Å². The Balaban J connectivity index is 0.00000484. The van der Waals surface area contributed by atoms with Gasteiger partial charge in [-0.25, -0.2) is 0 Å². The zero-order valence-electron chi connectivity index (χ0n) is 15.3. The molecule has 0 bridgehead atoms. The maximum absolute atomic E-state index is 11.5. The van der Waals surface area contributed by atoms with Crippen LogP contribution in [0.5, 0.6) is 0 Å². The van der Waals surface area contributed by atoms with Gasteiger partial charge < -0.3 is 16.0 Å². The highest BCUT2D eigenvalue weighted by atomic mass is 127. The molecule has 2 atom stereocenters. The molecule has 2 unspecified atom stereocenters. The van der Waals surface area contributed by atoms with Crippen LogP contribution in [0, 0.1) is 11.8 Å². The number of amides is 1. The van der Waals surface area contributed by atoms with E-state index >= 15 is 0 Å². The van der Waals surface area contributed by atoms with Crippen LogP contribution in [-0.4, -0.2) is 62.1 Å². The molecule has 3 N–H and O–H groups in total. The smallest absolute Gasteiger partial charge is 0.222 e. The number of guanidine groups is 1. The van der Waals surface area contributed by atoms with Crippen molar-refractivity contribution in [2.24, 2.45) is 16.8 Å². The van der Waals surface area contributed by atoms with Crippen molar-refractivity contribution in [1.82, 2.24) is 20.9 Å². The third kappa shape index (κ3) is 7.69. The number of carbonyl (C=O) groups is 1. The van der Waals surface area contributed by atoms with Gasteiger partial charge in [0.25, 0.3) is 0 Å². The fraction of sp³-hybridized carbons (Fsp3) is 0.875. The number of hydrogen-bond acceptors (Lipinski definition) is 3. The van der Waals surface area contributed by atoms with E-state index in [0.29, 0.717) is 31.1 Å². The van der Waals surface area contributed by atoms with Crippen molar-refractivity contribution in [1.29, 1.82) is 0 Å². The molecule has 7 heteroatoms. The molecule has 1 rings (SSSR count). The summed E-state index contributed by atoms with van der Waals surface area (Å²) in [6, 6.07) is 0.995. The van der Waals surface area contributed by atoms with Gasteiger partial charge in [0.15, 0.2) is 5.96 Å². The lowest BCUT2D eigenvalue weighted by Gasteiger charge is -2.22. The van der Waals surface area contributed by atoms with Gasteiger partial charge in [-0.2, -0.15) is 0 Å². The van der Waals surface area contributed by atoms with E-state index in [2.05, 4.69) is 46.6 Å². The highest BCUT2D eigenvalue weighted by molar-refractivity contribution is 14.0. The number of nitrogens with one attached hydrogen (secondary N) is 3. The van der Waals surface area contributed by atoms with Gasteiger partial charge in [-0.1, -0.05) is 20.8 Å². The summed E-state index contributed by atoms with van der Waals surface area (Å²) in [7, 11) is 1.78. The van der Waals surface area contributed by atoms with E-state index in [1.165, 1.54) is 0 Å². The summed E-state index contributed by atoms with van der Waals surface area (Å²) in [5, 5.41) is 9.65. The molecule has 1 aliphatic heterocycles. The zero-order valence-corrected chi connectivity index (χ0v) is 17.7. The molecular weight excluding hydrogens is 405 g/mol. The van der Waals surface area contributed by atoms with Gasteiger partial charge in [0.2, 0.25) is 5.91 Å². The number of rotatable bonds is 6. The molecule has 1 heterocycles. The van der Waals surface area contributed by atoms with Crippen LogP contribution in [0.3, 0.4) is 0 Å².